The Morgan fingerprint density at radius 1 is 1.23 bits per heavy atom. The SMILES string of the molecule is C[C@H](CC(=O)OCc1ccccc1)N1CC(N(C)C(=O)OC(C)(C)C)C1. The minimum absolute atomic E-state index is 0.0848. The van der Waals surface area contributed by atoms with Gasteiger partial charge in [0.05, 0.1) is 12.5 Å². The van der Waals surface area contributed by atoms with Crippen LogP contribution in [-0.4, -0.2) is 59.7 Å². The van der Waals surface area contributed by atoms with E-state index in [9.17, 15) is 9.59 Å². The highest BCUT2D eigenvalue weighted by Gasteiger charge is 2.37. The maximum absolute atomic E-state index is 12.1. The van der Waals surface area contributed by atoms with E-state index in [4.69, 9.17) is 9.47 Å². The zero-order valence-corrected chi connectivity index (χ0v) is 16.4. The summed E-state index contributed by atoms with van der Waals surface area (Å²) in [6, 6.07) is 9.85. The summed E-state index contributed by atoms with van der Waals surface area (Å²) in [5.41, 5.74) is 0.487. The first-order chi connectivity index (χ1) is 12.2. The number of likely N-dealkylation sites (N-methyl/N-ethyl adjacent to an activating group) is 1. The molecule has 1 atom stereocenters. The maximum Gasteiger partial charge on any atom is 0.410 e. The van der Waals surface area contributed by atoms with Crippen molar-refractivity contribution in [3.05, 3.63) is 35.9 Å². The van der Waals surface area contributed by atoms with Crippen LogP contribution in [0.25, 0.3) is 0 Å². The van der Waals surface area contributed by atoms with E-state index in [1.165, 1.54) is 0 Å². The van der Waals surface area contributed by atoms with Gasteiger partial charge in [-0.2, -0.15) is 0 Å². The smallest absolute Gasteiger partial charge is 0.410 e. The second-order valence-electron chi connectivity index (χ2n) is 7.90. The number of likely N-dealkylation sites (tertiary alicyclic amines) is 1. The molecule has 1 aliphatic rings. The third kappa shape index (κ3) is 6.02. The molecule has 0 aromatic heterocycles. The molecule has 0 bridgehead atoms. The van der Waals surface area contributed by atoms with Crippen molar-refractivity contribution < 1.29 is 19.1 Å². The van der Waals surface area contributed by atoms with Crippen molar-refractivity contribution in [2.45, 2.75) is 58.4 Å². The van der Waals surface area contributed by atoms with Crippen molar-refractivity contribution in [3.8, 4) is 0 Å². The van der Waals surface area contributed by atoms with Crippen LogP contribution < -0.4 is 0 Å². The van der Waals surface area contributed by atoms with Gasteiger partial charge in [0, 0.05) is 26.2 Å². The minimum Gasteiger partial charge on any atom is -0.461 e. The molecule has 1 heterocycles. The van der Waals surface area contributed by atoms with Gasteiger partial charge in [0.15, 0.2) is 0 Å². The fourth-order valence-corrected chi connectivity index (χ4v) is 2.74. The monoisotopic (exact) mass is 362 g/mol. The summed E-state index contributed by atoms with van der Waals surface area (Å²) in [6.45, 7) is 9.36. The lowest BCUT2D eigenvalue weighted by atomic mass is 10.0. The van der Waals surface area contributed by atoms with Crippen LogP contribution in [0.5, 0.6) is 0 Å². The molecule has 1 aromatic carbocycles. The molecule has 6 nitrogen and oxygen atoms in total. The van der Waals surface area contributed by atoms with E-state index >= 15 is 0 Å². The Bertz CT molecular complexity index is 606. The molecule has 2 rings (SSSR count). The Morgan fingerprint density at radius 2 is 1.85 bits per heavy atom. The number of carbonyl (C=O) groups is 2. The van der Waals surface area contributed by atoms with Crippen molar-refractivity contribution in [2.75, 3.05) is 20.1 Å². The summed E-state index contributed by atoms with van der Waals surface area (Å²) < 4.78 is 10.7. The number of hydrogen-bond acceptors (Lipinski definition) is 5. The van der Waals surface area contributed by atoms with Crippen LogP contribution in [-0.2, 0) is 20.9 Å². The second-order valence-corrected chi connectivity index (χ2v) is 7.90. The van der Waals surface area contributed by atoms with Gasteiger partial charge in [-0.3, -0.25) is 9.69 Å². The summed E-state index contributed by atoms with van der Waals surface area (Å²) in [5, 5.41) is 0. The molecule has 1 amide bonds. The van der Waals surface area contributed by atoms with E-state index in [0.29, 0.717) is 13.0 Å². The number of nitrogens with zero attached hydrogens (tertiary/aromatic N) is 2. The summed E-state index contributed by atoms with van der Waals surface area (Å²) >= 11 is 0. The molecule has 1 aliphatic heterocycles. The number of carbonyl (C=O) groups excluding carboxylic acids is 2. The number of hydrogen-bond donors (Lipinski definition) is 0. The molecule has 6 heteroatoms. The Hall–Kier alpha value is -2.08. The lowest BCUT2D eigenvalue weighted by molar-refractivity contribution is -0.147. The highest BCUT2D eigenvalue weighted by Crippen LogP contribution is 2.21. The van der Waals surface area contributed by atoms with Crippen molar-refractivity contribution in [1.82, 2.24) is 9.80 Å². The number of esters is 1. The summed E-state index contributed by atoms with van der Waals surface area (Å²) in [7, 11) is 1.76. The maximum atomic E-state index is 12.1. The lowest BCUT2D eigenvalue weighted by Crippen LogP contribution is -2.62. The van der Waals surface area contributed by atoms with Gasteiger partial charge < -0.3 is 14.4 Å². The van der Waals surface area contributed by atoms with E-state index < -0.39 is 5.60 Å². The van der Waals surface area contributed by atoms with Gasteiger partial charge in [-0.05, 0) is 33.3 Å². The van der Waals surface area contributed by atoms with Crippen molar-refractivity contribution in [1.29, 1.82) is 0 Å². The van der Waals surface area contributed by atoms with Crippen molar-refractivity contribution >= 4 is 12.1 Å². The van der Waals surface area contributed by atoms with Crippen LogP contribution >= 0.6 is 0 Å². The van der Waals surface area contributed by atoms with Gasteiger partial charge in [-0.15, -0.1) is 0 Å². The normalized spacial score (nSPS) is 16.5. The van der Waals surface area contributed by atoms with E-state index in [1.54, 1.807) is 11.9 Å². The molecule has 1 saturated heterocycles. The molecule has 1 aromatic rings. The van der Waals surface area contributed by atoms with E-state index in [2.05, 4.69) is 4.90 Å². The zero-order valence-electron chi connectivity index (χ0n) is 16.4. The predicted octanol–water partition coefficient (Wildman–Crippen LogP) is 3.06. The molecule has 0 spiro atoms. The number of ether oxygens (including phenoxy) is 2. The molecular weight excluding hydrogens is 332 g/mol. The Kier molecular flexibility index (Phi) is 6.64. The van der Waals surface area contributed by atoms with Gasteiger partial charge >= 0.3 is 12.1 Å². The molecule has 144 valence electrons. The van der Waals surface area contributed by atoms with Crippen LogP contribution in [0.2, 0.25) is 0 Å². The molecule has 0 N–H and O–H groups in total. The fourth-order valence-electron chi connectivity index (χ4n) is 2.74. The first-order valence-corrected chi connectivity index (χ1v) is 9.05. The van der Waals surface area contributed by atoms with Crippen molar-refractivity contribution in [3.63, 3.8) is 0 Å². The highest BCUT2D eigenvalue weighted by molar-refractivity contribution is 5.70. The van der Waals surface area contributed by atoms with Gasteiger partial charge in [-0.1, -0.05) is 30.3 Å². The average Bonchev–Trinajstić information content (AvgIpc) is 2.50. The first kappa shape index (κ1) is 20.2. The van der Waals surface area contributed by atoms with Crippen LogP contribution in [0.1, 0.15) is 39.7 Å². The predicted molar refractivity (Wildman–Crippen MR) is 99.7 cm³/mol. The Balaban J connectivity index is 1.69. The lowest BCUT2D eigenvalue weighted by Gasteiger charge is -2.46. The Labute approximate surface area is 156 Å². The molecular formula is C20H30N2O4. The van der Waals surface area contributed by atoms with Crippen LogP contribution in [0.3, 0.4) is 0 Å². The molecule has 0 aliphatic carbocycles. The summed E-state index contributed by atoms with van der Waals surface area (Å²) in [4.78, 5) is 27.9. The molecule has 0 saturated carbocycles. The fraction of sp³-hybridized carbons (Fsp3) is 0.600. The van der Waals surface area contributed by atoms with Crippen LogP contribution in [0.15, 0.2) is 30.3 Å². The first-order valence-electron chi connectivity index (χ1n) is 9.05. The Morgan fingerprint density at radius 3 is 2.42 bits per heavy atom. The van der Waals surface area contributed by atoms with Crippen LogP contribution in [0, 0.1) is 0 Å². The standard InChI is InChI=1S/C20H30N2O4/c1-15(11-18(23)25-14-16-9-7-6-8-10-16)22-12-17(13-22)21(5)19(24)26-20(2,3)4/h6-10,15,17H,11-14H2,1-5H3/t15-/m1/s1. The van der Waals surface area contributed by atoms with Gasteiger partial charge in [0.25, 0.3) is 0 Å². The third-order valence-corrected chi connectivity index (χ3v) is 4.45. The average molecular weight is 362 g/mol. The van der Waals surface area contributed by atoms with E-state index in [1.807, 2.05) is 58.0 Å². The highest BCUT2D eigenvalue weighted by atomic mass is 16.6. The zero-order chi connectivity index (χ0) is 19.3. The molecule has 0 radical (unpaired) electrons. The largest absolute Gasteiger partial charge is 0.461 e. The quantitative estimate of drug-likeness (QED) is 0.728. The second kappa shape index (κ2) is 8.54. The van der Waals surface area contributed by atoms with E-state index in [-0.39, 0.29) is 24.1 Å². The van der Waals surface area contributed by atoms with Crippen LogP contribution in [0.4, 0.5) is 4.79 Å². The number of benzene rings is 1. The van der Waals surface area contributed by atoms with Crippen molar-refractivity contribution in [2.24, 2.45) is 0 Å². The molecule has 26 heavy (non-hydrogen) atoms. The third-order valence-electron chi connectivity index (χ3n) is 4.45. The topological polar surface area (TPSA) is 59.1 Å². The summed E-state index contributed by atoms with van der Waals surface area (Å²) in [5.74, 6) is -0.203. The minimum atomic E-state index is -0.495. The number of amides is 1. The summed E-state index contributed by atoms with van der Waals surface area (Å²) in [6.07, 6.45) is 0.0347. The van der Waals surface area contributed by atoms with Gasteiger partial charge in [0.1, 0.15) is 12.2 Å². The van der Waals surface area contributed by atoms with Gasteiger partial charge in [0.2, 0.25) is 0 Å². The number of rotatable bonds is 6. The molecule has 0 unspecified atom stereocenters. The van der Waals surface area contributed by atoms with Gasteiger partial charge in [-0.25, -0.2) is 4.79 Å². The van der Waals surface area contributed by atoms with E-state index in [0.717, 1.165) is 18.7 Å². The molecule has 1 fully saturated rings.